The largest absolute Gasteiger partial charge is 0.415 e. The van der Waals surface area contributed by atoms with Crippen molar-refractivity contribution < 1.29 is 13.2 Å². The van der Waals surface area contributed by atoms with Crippen molar-refractivity contribution in [2.75, 3.05) is 0 Å². The number of hydrogen-bond donors (Lipinski definition) is 2. The quantitative estimate of drug-likeness (QED) is 0.286. The molecule has 0 saturated heterocycles. The monoisotopic (exact) mass is 392 g/mol. The Labute approximate surface area is 158 Å². The standard InChI is InChI=1S/C17H15ClF2N6O/c18-14(26(22)9-12(21)10-4-2-1-3-5-10)13-7-6-11(8-23-13)16-24-25-17(27-16)15(19)20/h1-9,14-15H,21-22H2/b12-9-. The van der Waals surface area contributed by atoms with Gasteiger partial charge in [-0.1, -0.05) is 41.9 Å². The molecule has 0 amide bonds. The van der Waals surface area contributed by atoms with Gasteiger partial charge in [-0.3, -0.25) is 9.99 Å². The minimum Gasteiger partial charge on any atom is -0.415 e. The van der Waals surface area contributed by atoms with Crippen LogP contribution in [0, 0.1) is 0 Å². The molecule has 7 nitrogen and oxygen atoms in total. The van der Waals surface area contributed by atoms with E-state index in [2.05, 4.69) is 15.2 Å². The van der Waals surface area contributed by atoms with Gasteiger partial charge in [-0.05, 0) is 17.7 Å². The molecular formula is C17H15ClF2N6O. The van der Waals surface area contributed by atoms with E-state index in [9.17, 15) is 8.78 Å². The topological polar surface area (TPSA) is 107 Å². The van der Waals surface area contributed by atoms with Crippen LogP contribution in [0.2, 0.25) is 0 Å². The molecule has 2 aromatic heterocycles. The predicted molar refractivity (Wildman–Crippen MR) is 95.7 cm³/mol. The van der Waals surface area contributed by atoms with Gasteiger partial charge >= 0.3 is 6.43 Å². The molecule has 0 bridgehead atoms. The summed E-state index contributed by atoms with van der Waals surface area (Å²) in [7, 11) is 0. The van der Waals surface area contributed by atoms with Crippen LogP contribution in [0.5, 0.6) is 0 Å². The fourth-order valence-electron chi connectivity index (χ4n) is 2.20. The van der Waals surface area contributed by atoms with Crippen LogP contribution in [0.25, 0.3) is 17.2 Å². The van der Waals surface area contributed by atoms with Crippen LogP contribution in [0.3, 0.4) is 0 Å². The van der Waals surface area contributed by atoms with Crippen LogP contribution >= 0.6 is 11.6 Å². The lowest BCUT2D eigenvalue weighted by Crippen LogP contribution is -2.28. The van der Waals surface area contributed by atoms with Crippen molar-refractivity contribution in [3.05, 3.63) is 72.0 Å². The Hall–Kier alpha value is -3.04. The highest BCUT2D eigenvalue weighted by atomic mass is 35.5. The van der Waals surface area contributed by atoms with E-state index in [-0.39, 0.29) is 5.89 Å². The van der Waals surface area contributed by atoms with Gasteiger partial charge in [0.1, 0.15) is 0 Å². The number of aromatic nitrogens is 3. The van der Waals surface area contributed by atoms with Crippen molar-refractivity contribution in [2.45, 2.75) is 11.9 Å². The van der Waals surface area contributed by atoms with Crippen LogP contribution in [0.1, 0.15) is 29.1 Å². The molecule has 0 fully saturated rings. The fourth-order valence-corrected chi connectivity index (χ4v) is 2.38. The first-order valence-corrected chi connectivity index (χ1v) is 8.17. The van der Waals surface area contributed by atoms with E-state index in [1.807, 2.05) is 30.3 Å². The number of pyridine rings is 1. The van der Waals surface area contributed by atoms with Crippen LogP contribution in [-0.4, -0.2) is 20.2 Å². The molecule has 2 heterocycles. The molecule has 4 N–H and O–H groups in total. The third kappa shape index (κ3) is 4.39. The van der Waals surface area contributed by atoms with Gasteiger partial charge in [0.25, 0.3) is 5.89 Å². The van der Waals surface area contributed by atoms with Gasteiger partial charge in [0.05, 0.1) is 17.0 Å². The van der Waals surface area contributed by atoms with E-state index >= 15 is 0 Å². The molecule has 0 aliphatic rings. The minimum absolute atomic E-state index is 0.0618. The van der Waals surface area contributed by atoms with Crippen LogP contribution < -0.4 is 11.6 Å². The average molecular weight is 393 g/mol. The minimum atomic E-state index is -2.83. The van der Waals surface area contributed by atoms with E-state index in [0.29, 0.717) is 17.0 Å². The number of alkyl halides is 3. The zero-order chi connectivity index (χ0) is 19.4. The maximum absolute atomic E-state index is 12.5. The van der Waals surface area contributed by atoms with E-state index in [0.717, 1.165) is 5.56 Å². The number of hydrogen-bond acceptors (Lipinski definition) is 7. The summed E-state index contributed by atoms with van der Waals surface area (Å²) < 4.78 is 29.9. The second-order valence-electron chi connectivity index (χ2n) is 5.45. The van der Waals surface area contributed by atoms with Gasteiger partial charge in [0.2, 0.25) is 5.89 Å². The van der Waals surface area contributed by atoms with Crippen molar-refractivity contribution in [3.8, 4) is 11.5 Å². The summed E-state index contributed by atoms with van der Waals surface area (Å²) in [4.78, 5) is 4.17. The molecule has 1 unspecified atom stereocenters. The second kappa shape index (κ2) is 8.11. The predicted octanol–water partition coefficient (Wildman–Crippen LogP) is 3.44. The molecule has 1 aromatic carbocycles. The third-order valence-electron chi connectivity index (χ3n) is 3.56. The fraction of sp³-hybridized carbons (Fsp3) is 0.118. The average Bonchev–Trinajstić information content (AvgIpc) is 3.18. The summed E-state index contributed by atoms with van der Waals surface area (Å²) in [5.41, 5.74) is 7.24. The molecule has 0 aliphatic carbocycles. The maximum Gasteiger partial charge on any atom is 0.314 e. The first kappa shape index (κ1) is 18.7. The van der Waals surface area contributed by atoms with Crippen molar-refractivity contribution >= 4 is 17.3 Å². The highest BCUT2D eigenvalue weighted by Crippen LogP contribution is 2.26. The lowest BCUT2D eigenvalue weighted by molar-refractivity contribution is 0.116. The van der Waals surface area contributed by atoms with Crippen molar-refractivity contribution in [3.63, 3.8) is 0 Å². The Balaban J connectivity index is 1.74. The van der Waals surface area contributed by atoms with Crippen molar-refractivity contribution in [1.82, 2.24) is 20.2 Å². The first-order chi connectivity index (χ1) is 13.0. The summed E-state index contributed by atoms with van der Waals surface area (Å²) in [6.07, 6.45) is 0.0412. The Morgan fingerprint density at radius 1 is 1.15 bits per heavy atom. The number of nitrogens with zero attached hydrogens (tertiary/aromatic N) is 4. The summed E-state index contributed by atoms with van der Waals surface area (Å²) in [6, 6.07) is 12.4. The molecular weight excluding hydrogens is 378 g/mol. The molecule has 3 aromatic rings. The molecule has 27 heavy (non-hydrogen) atoms. The zero-order valence-electron chi connectivity index (χ0n) is 13.8. The maximum atomic E-state index is 12.5. The van der Waals surface area contributed by atoms with E-state index < -0.39 is 17.8 Å². The lowest BCUT2D eigenvalue weighted by Gasteiger charge is -2.21. The summed E-state index contributed by atoms with van der Waals surface area (Å²) in [5, 5.41) is 8.04. The molecule has 0 aliphatic heterocycles. The van der Waals surface area contributed by atoms with Gasteiger partial charge < -0.3 is 10.2 Å². The van der Waals surface area contributed by atoms with Gasteiger partial charge in [0, 0.05) is 12.4 Å². The van der Waals surface area contributed by atoms with Gasteiger partial charge in [-0.25, -0.2) is 5.84 Å². The highest BCUT2D eigenvalue weighted by Gasteiger charge is 2.18. The van der Waals surface area contributed by atoms with Gasteiger partial charge in [0.15, 0.2) is 5.50 Å². The Morgan fingerprint density at radius 3 is 2.48 bits per heavy atom. The lowest BCUT2D eigenvalue weighted by atomic mass is 10.2. The number of halogens is 3. The summed E-state index contributed by atoms with van der Waals surface area (Å²) >= 11 is 6.32. The van der Waals surface area contributed by atoms with E-state index in [4.69, 9.17) is 27.6 Å². The SMILES string of the molecule is N/C(=C\N(N)C(Cl)c1ccc(-c2nnc(C(F)F)o2)cn1)c1ccccc1. The number of hydrazine groups is 1. The molecule has 0 saturated carbocycles. The Morgan fingerprint density at radius 2 is 1.89 bits per heavy atom. The van der Waals surface area contributed by atoms with Crippen LogP contribution in [0.4, 0.5) is 8.78 Å². The number of benzene rings is 1. The number of rotatable bonds is 6. The van der Waals surface area contributed by atoms with Crippen molar-refractivity contribution in [2.24, 2.45) is 11.6 Å². The van der Waals surface area contributed by atoms with Crippen LogP contribution in [0.15, 0.2) is 59.3 Å². The number of nitrogens with two attached hydrogens (primary N) is 2. The molecule has 0 radical (unpaired) electrons. The smallest absolute Gasteiger partial charge is 0.314 e. The third-order valence-corrected chi connectivity index (χ3v) is 4.01. The summed E-state index contributed by atoms with van der Waals surface area (Å²) in [6.45, 7) is 0. The second-order valence-corrected chi connectivity index (χ2v) is 5.86. The zero-order valence-corrected chi connectivity index (χ0v) is 14.6. The van der Waals surface area contributed by atoms with E-state index in [1.54, 1.807) is 12.1 Å². The van der Waals surface area contributed by atoms with Gasteiger partial charge in [-0.15, -0.1) is 10.2 Å². The van der Waals surface area contributed by atoms with E-state index in [1.165, 1.54) is 17.4 Å². The molecule has 140 valence electrons. The van der Waals surface area contributed by atoms with Crippen molar-refractivity contribution in [1.29, 1.82) is 0 Å². The Bertz CT molecular complexity index is 917. The molecule has 10 heteroatoms. The molecule has 0 spiro atoms. The molecule has 1 atom stereocenters. The Kier molecular flexibility index (Phi) is 5.63. The summed E-state index contributed by atoms with van der Waals surface area (Å²) in [5.74, 6) is 5.14. The van der Waals surface area contributed by atoms with Gasteiger partial charge in [-0.2, -0.15) is 8.78 Å². The normalized spacial score (nSPS) is 13.0. The molecule has 3 rings (SSSR count). The van der Waals surface area contributed by atoms with Crippen LogP contribution in [-0.2, 0) is 0 Å². The highest BCUT2D eigenvalue weighted by molar-refractivity contribution is 6.20. The first-order valence-electron chi connectivity index (χ1n) is 7.73.